The van der Waals surface area contributed by atoms with Crippen LogP contribution in [-0.2, 0) is 19.1 Å². The average Bonchev–Trinajstić information content (AvgIpc) is 3.39. The highest BCUT2D eigenvalue weighted by Gasteiger charge is 2.79. The Morgan fingerprint density at radius 1 is 1.19 bits per heavy atom. The minimum Gasteiger partial charge on any atom is -0.462 e. The van der Waals surface area contributed by atoms with Gasteiger partial charge in [-0.05, 0) is 63.9 Å². The SMILES string of the molecule is C=C1C(=C)[C@H]2[C@@H]3C(O)C4OC45CC(OC(=O)C(C)(C)C)CC[C@]5(C)[C@@H]3CC[C@]2(C)C1=O. The third-order valence-electron chi connectivity index (χ3n) is 9.70. The van der Waals surface area contributed by atoms with Gasteiger partial charge in [-0.2, -0.15) is 0 Å². The molecule has 0 aromatic carbocycles. The predicted octanol–water partition coefficient (Wildman–Crippen LogP) is 3.99. The molecule has 5 fully saturated rings. The van der Waals surface area contributed by atoms with Gasteiger partial charge in [-0.15, -0.1) is 0 Å². The molecule has 5 aliphatic rings. The van der Waals surface area contributed by atoms with Gasteiger partial charge in [-0.25, -0.2) is 0 Å². The van der Waals surface area contributed by atoms with E-state index in [9.17, 15) is 14.7 Å². The molecular formula is C26H36O5. The Labute approximate surface area is 185 Å². The lowest BCUT2D eigenvalue weighted by Gasteiger charge is -2.59. The Kier molecular flexibility index (Phi) is 4.21. The number of rotatable bonds is 1. The number of Topliss-reactive ketones (excluding diaryl/α,β-unsaturated/α-hetero) is 1. The zero-order chi connectivity index (χ0) is 22.7. The molecule has 4 unspecified atom stereocenters. The van der Waals surface area contributed by atoms with Gasteiger partial charge in [0.15, 0.2) is 5.78 Å². The van der Waals surface area contributed by atoms with Crippen LogP contribution in [0, 0.1) is 34.0 Å². The minimum atomic E-state index is -0.643. The van der Waals surface area contributed by atoms with Gasteiger partial charge in [0.25, 0.3) is 0 Å². The van der Waals surface area contributed by atoms with Gasteiger partial charge >= 0.3 is 5.97 Å². The van der Waals surface area contributed by atoms with E-state index >= 15 is 0 Å². The van der Waals surface area contributed by atoms with Gasteiger partial charge < -0.3 is 14.6 Å². The molecule has 5 nitrogen and oxygen atoms in total. The summed E-state index contributed by atoms with van der Waals surface area (Å²) in [5.41, 5.74) is -0.251. The first-order valence-electron chi connectivity index (χ1n) is 11.8. The van der Waals surface area contributed by atoms with Gasteiger partial charge in [-0.1, -0.05) is 27.0 Å². The quantitative estimate of drug-likeness (QED) is 0.388. The Morgan fingerprint density at radius 2 is 1.87 bits per heavy atom. The summed E-state index contributed by atoms with van der Waals surface area (Å²) in [7, 11) is 0. The summed E-state index contributed by atoms with van der Waals surface area (Å²) in [6.45, 7) is 18.2. The molecule has 0 bridgehead atoms. The van der Waals surface area contributed by atoms with Gasteiger partial charge in [0.1, 0.15) is 17.8 Å². The molecule has 1 N–H and O–H groups in total. The Bertz CT molecular complexity index is 898. The normalized spacial score (nSPS) is 50.8. The average molecular weight is 429 g/mol. The number of allylic oxidation sites excluding steroid dienone is 2. The molecule has 5 heteroatoms. The second-order valence-corrected chi connectivity index (χ2v) is 12.3. The molecule has 1 spiro atoms. The zero-order valence-electron chi connectivity index (χ0n) is 19.5. The van der Waals surface area contributed by atoms with Crippen molar-refractivity contribution in [2.45, 2.75) is 90.6 Å². The van der Waals surface area contributed by atoms with Gasteiger partial charge in [0, 0.05) is 28.7 Å². The van der Waals surface area contributed by atoms with E-state index in [1.165, 1.54) is 0 Å². The molecule has 1 saturated heterocycles. The van der Waals surface area contributed by atoms with Crippen LogP contribution in [0.3, 0.4) is 0 Å². The van der Waals surface area contributed by atoms with Crippen LogP contribution in [0.4, 0.5) is 0 Å². The van der Waals surface area contributed by atoms with E-state index < -0.39 is 22.5 Å². The smallest absolute Gasteiger partial charge is 0.311 e. The van der Waals surface area contributed by atoms with Gasteiger partial charge in [-0.3, -0.25) is 9.59 Å². The number of carbonyl (C=O) groups is 2. The van der Waals surface area contributed by atoms with Crippen molar-refractivity contribution < 1.29 is 24.2 Å². The fourth-order valence-corrected chi connectivity index (χ4v) is 7.83. The first-order chi connectivity index (χ1) is 14.3. The first kappa shape index (κ1) is 21.4. The van der Waals surface area contributed by atoms with Crippen molar-refractivity contribution in [3.05, 3.63) is 24.3 Å². The Morgan fingerprint density at radius 3 is 2.52 bits per heavy atom. The van der Waals surface area contributed by atoms with E-state index in [0.29, 0.717) is 12.0 Å². The number of carbonyl (C=O) groups excluding carboxylic acids is 2. The van der Waals surface area contributed by atoms with Crippen LogP contribution in [0.2, 0.25) is 0 Å². The minimum absolute atomic E-state index is 0.0475. The van der Waals surface area contributed by atoms with Gasteiger partial charge in [0.05, 0.1) is 11.5 Å². The molecule has 1 heterocycles. The van der Waals surface area contributed by atoms with Crippen molar-refractivity contribution >= 4 is 11.8 Å². The molecule has 9 atom stereocenters. The Hall–Kier alpha value is -1.46. The summed E-state index contributed by atoms with van der Waals surface area (Å²) in [6.07, 6.45) is 2.94. The van der Waals surface area contributed by atoms with Crippen molar-refractivity contribution in [2.24, 2.45) is 34.0 Å². The molecule has 4 aliphatic carbocycles. The molecule has 170 valence electrons. The molecule has 0 aromatic rings. The maximum Gasteiger partial charge on any atom is 0.311 e. The van der Waals surface area contributed by atoms with Crippen LogP contribution in [-0.4, -0.2) is 40.8 Å². The molecule has 31 heavy (non-hydrogen) atoms. The van der Waals surface area contributed by atoms with E-state index in [-0.39, 0.29) is 47.1 Å². The summed E-state index contributed by atoms with van der Waals surface area (Å²) >= 11 is 0. The van der Waals surface area contributed by atoms with E-state index in [1.807, 2.05) is 27.7 Å². The lowest BCUT2D eigenvalue weighted by Crippen LogP contribution is -2.63. The number of fused-ring (bicyclic) bond motifs is 4. The highest BCUT2D eigenvalue weighted by Crippen LogP contribution is 2.73. The number of ether oxygens (including phenoxy) is 2. The van der Waals surface area contributed by atoms with Crippen LogP contribution >= 0.6 is 0 Å². The summed E-state index contributed by atoms with van der Waals surface area (Å²) < 4.78 is 12.2. The molecule has 1 aliphatic heterocycles. The fraction of sp³-hybridized carbons (Fsp3) is 0.769. The first-order valence-corrected chi connectivity index (χ1v) is 11.8. The summed E-state index contributed by atoms with van der Waals surface area (Å²) in [6, 6.07) is 0. The van der Waals surface area contributed by atoms with Crippen LogP contribution in [0.15, 0.2) is 24.3 Å². The van der Waals surface area contributed by atoms with Crippen LogP contribution in [0.1, 0.15) is 66.7 Å². The zero-order valence-corrected chi connectivity index (χ0v) is 19.5. The lowest BCUT2D eigenvalue weighted by molar-refractivity contribution is -0.172. The molecule has 0 aromatic heterocycles. The third kappa shape index (κ3) is 2.51. The van der Waals surface area contributed by atoms with Crippen LogP contribution in [0.25, 0.3) is 0 Å². The monoisotopic (exact) mass is 428 g/mol. The highest BCUT2D eigenvalue weighted by molar-refractivity contribution is 6.07. The van der Waals surface area contributed by atoms with Crippen molar-refractivity contribution in [2.75, 3.05) is 0 Å². The number of hydrogen-bond acceptors (Lipinski definition) is 5. The van der Waals surface area contributed by atoms with Crippen LogP contribution in [0.5, 0.6) is 0 Å². The van der Waals surface area contributed by atoms with E-state index in [4.69, 9.17) is 9.47 Å². The van der Waals surface area contributed by atoms with Gasteiger partial charge in [0.2, 0.25) is 0 Å². The predicted molar refractivity (Wildman–Crippen MR) is 116 cm³/mol. The molecule has 0 radical (unpaired) electrons. The summed E-state index contributed by atoms with van der Waals surface area (Å²) in [4.78, 5) is 25.5. The second kappa shape index (κ2) is 6.11. The number of aliphatic hydroxyl groups excluding tert-OH is 1. The number of aliphatic hydroxyl groups is 1. The summed E-state index contributed by atoms with van der Waals surface area (Å²) in [5, 5.41) is 11.5. The van der Waals surface area contributed by atoms with Crippen LogP contribution < -0.4 is 0 Å². The van der Waals surface area contributed by atoms with Crippen molar-refractivity contribution in [3.63, 3.8) is 0 Å². The van der Waals surface area contributed by atoms with E-state index in [0.717, 1.165) is 31.3 Å². The second-order valence-electron chi connectivity index (χ2n) is 12.3. The molecule has 5 rings (SSSR count). The van der Waals surface area contributed by atoms with Crippen molar-refractivity contribution in [1.29, 1.82) is 0 Å². The molecule has 0 amide bonds. The largest absolute Gasteiger partial charge is 0.462 e. The lowest BCUT2D eigenvalue weighted by atomic mass is 9.44. The maximum atomic E-state index is 13.0. The van der Waals surface area contributed by atoms with Crippen molar-refractivity contribution in [1.82, 2.24) is 0 Å². The number of esters is 1. The van der Waals surface area contributed by atoms with E-state index in [2.05, 4.69) is 20.1 Å². The van der Waals surface area contributed by atoms with Crippen molar-refractivity contribution in [3.8, 4) is 0 Å². The Balaban J connectivity index is 1.46. The molecular weight excluding hydrogens is 392 g/mol. The number of ketones is 1. The number of hydrogen-bond donors (Lipinski definition) is 1. The standard InChI is InChI=1S/C26H36O5/c1-13-14(2)20(28)24(6)10-9-16-17(18(13)24)19(27)21-26(31-21)12-15(8-11-25(16,26)7)30-22(29)23(3,4)5/h15-19,21,27H,1-2,8-12H2,3-7H3/t15?,16-,17-,18+,19?,21?,24+,25-,26?/m1/s1. The molecule has 4 saturated carbocycles. The fourth-order valence-electron chi connectivity index (χ4n) is 7.83. The van der Waals surface area contributed by atoms with E-state index in [1.54, 1.807) is 0 Å². The highest BCUT2D eigenvalue weighted by atomic mass is 16.6. The maximum absolute atomic E-state index is 13.0. The topological polar surface area (TPSA) is 76.1 Å². The third-order valence-corrected chi connectivity index (χ3v) is 9.70. The summed E-state index contributed by atoms with van der Waals surface area (Å²) in [5.74, 6) is 0.0424. The number of epoxide rings is 1.